The molecule has 1 saturated carbocycles. The molecule has 0 amide bonds. The van der Waals surface area contributed by atoms with Crippen molar-refractivity contribution in [3.05, 3.63) is 16.6 Å². The highest BCUT2D eigenvalue weighted by Gasteiger charge is 2.20. The predicted octanol–water partition coefficient (Wildman–Crippen LogP) is 2.25. The van der Waals surface area contributed by atoms with Crippen molar-refractivity contribution in [2.75, 3.05) is 13.1 Å². The summed E-state index contributed by atoms with van der Waals surface area (Å²) < 4.78 is 0. The van der Waals surface area contributed by atoms with Crippen molar-refractivity contribution in [2.45, 2.75) is 25.7 Å². The summed E-state index contributed by atoms with van der Waals surface area (Å²) in [5, 5.41) is 6.80. The minimum atomic E-state index is 0.568. The fraction of sp³-hybridized carbons (Fsp3) is 0.700. The van der Waals surface area contributed by atoms with Crippen molar-refractivity contribution in [1.29, 1.82) is 0 Å². The second-order valence-electron chi connectivity index (χ2n) is 3.87. The van der Waals surface area contributed by atoms with Crippen LogP contribution in [0.15, 0.2) is 11.6 Å². The molecule has 1 heterocycles. The van der Waals surface area contributed by atoms with Gasteiger partial charge in [-0.05, 0) is 25.3 Å². The van der Waals surface area contributed by atoms with Gasteiger partial charge >= 0.3 is 0 Å². The van der Waals surface area contributed by atoms with E-state index < -0.39 is 0 Å². The SMILES string of the molecule is CC(CNCC1CC1)c1nccs1. The lowest BCUT2D eigenvalue weighted by molar-refractivity contribution is 0.586. The monoisotopic (exact) mass is 196 g/mol. The molecule has 1 aromatic rings. The highest BCUT2D eigenvalue weighted by Crippen LogP contribution is 2.27. The average molecular weight is 196 g/mol. The van der Waals surface area contributed by atoms with E-state index in [0.29, 0.717) is 5.92 Å². The lowest BCUT2D eigenvalue weighted by Crippen LogP contribution is -2.22. The zero-order valence-electron chi connectivity index (χ0n) is 7.99. The maximum absolute atomic E-state index is 4.31. The Labute approximate surface area is 83.4 Å². The molecule has 2 rings (SSSR count). The van der Waals surface area contributed by atoms with Crippen LogP contribution in [0.3, 0.4) is 0 Å². The van der Waals surface area contributed by atoms with Gasteiger partial charge in [-0.3, -0.25) is 0 Å². The van der Waals surface area contributed by atoms with Crippen molar-refractivity contribution < 1.29 is 0 Å². The first-order valence-corrected chi connectivity index (χ1v) is 5.84. The number of nitrogens with zero attached hydrogens (tertiary/aromatic N) is 1. The molecule has 13 heavy (non-hydrogen) atoms. The molecule has 0 aromatic carbocycles. The van der Waals surface area contributed by atoms with E-state index >= 15 is 0 Å². The van der Waals surface area contributed by atoms with Gasteiger partial charge in [0.2, 0.25) is 0 Å². The van der Waals surface area contributed by atoms with E-state index in [1.54, 1.807) is 11.3 Å². The molecule has 1 fully saturated rings. The van der Waals surface area contributed by atoms with Crippen LogP contribution in [0.5, 0.6) is 0 Å². The summed E-state index contributed by atoms with van der Waals surface area (Å²) in [6.45, 7) is 4.51. The Hall–Kier alpha value is -0.410. The molecule has 1 atom stereocenters. The van der Waals surface area contributed by atoms with Gasteiger partial charge in [0.1, 0.15) is 0 Å². The van der Waals surface area contributed by atoms with Crippen LogP contribution >= 0.6 is 11.3 Å². The maximum atomic E-state index is 4.31. The predicted molar refractivity (Wildman–Crippen MR) is 56.1 cm³/mol. The molecule has 3 heteroatoms. The summed E-state index contributed by atoms with van der Waals surface area (Å²) in [4.78, 5) is 4.31. The van der Waals surface area contributed by atoms with Crippen LogP contribution in [-0.2, 0) is 0 Å². The molecule has 1 aliphatic carbocycles. The molecular formula is C10H16N2S. The molecule has 72 valence electrons. The fourth-order valence-corrected chi connectivity index (χ4v) is 2.09. The zero-order valence-corrected chi connectivity index (χ0v) is 8.81. The van der Waals surface area contributed by atoms with Crippen LogP contribution in [0.4, 0.5) is 0 Å². The summed E-state index contributed by atoms with van der Waals surface area (Å²) in [6.07, 6.45) is 4.74. The molecular weight excluding hydrogens is 180 g/mol. The van der Waals surface area contributed by atoms with Crippen molar-refractivity contribution in [2.24, 2.45) is 5.92 Å². The molecule has 0 radical (unpaired) electrons. The molecule has 1 aliphatic rings. The largest absolute Gasteiger partial charge is 0.316 e. The van der Waals surface area contributed by atoms with Gasteiger partial charge < -0.3 is 5.32 Å². The van der Waals surface area contributed by atoms with Crippen molar-refractivity contribution in [3.63, 3.8) is 0 Å². The topological polar surface area (TPSA) is 24.9 Å². The Bertz CT molecular complexity index is 241. The van der Waals surface area contributed by atoms with Gasteiger partial charge in [0.05, 0.1) is 5.01 Å². The molecule has 2 nitrogen and oxygen atoms in total. The first-order chi connectivity index (χ1) is 6.36. The Morgan fingerprint density at radius 1 is 1.69 bits per heavy atom. The summed E-state index contributed by atoms with van der Waals surface area (Å²) >= 11 is 1.75. The number of hydrogen-bond acceptors (Lipinski definition) is 3. The van der Waals surface area contributed by atoms with Crippen LogP contribution < -0.4 is 5.32 Å². The first-order valence-electron chi connectivity index (χ1n) is 4.96. The van der Waals surface area contributed by atoms with Gasteiger partial charge in [-0.2, -0.15) is 0 Å². The molecule has 1 aromatic heterocycles. The van der Waals surface area contributed by atoms with Gasteiger partial charge in [-0.1, -0.05) is 6.92 Å². The Kier molecular flexibility index (Phi) is 2.96. The minimum absolute atomic E-state index is 0.568. The molecule has 1 unspecified atom stereocenters. The van der Waals surface area contributed by atoms with Crippen LogP contribution in [0.25, 0.3) is 0 Å². The first kappa shape index (κ1) is 9.16. The third-order valence-electron chi connectivity index (χ3n) is 2.45. The van der Waals surface area contributed by atoms with Crippen LogP contribution in [0.2, 0.25) is 0 Å². The molecule has 0 spiro atoms. The highest BCUT2D eigenvalue weighted by atomic mass is 32.1. The van der Waals surface area contributed by atoms with E-state index in [1.165, 1.54) is 24.4 Å². The Morgan fingerprint density at radius 3 is 3.15 bits per heavy atom. The molecule has 1 N–H and O–H groups in total. The minimum Gasteiger partial charge on any atom is -0.316 e. The smallest absolute Gasteiger partial charge is 0.0965 e. The lowest BCUT2D eigenvalue weighted by Gasteiger charge is -2.08. The van der Waals surface area contributed by atoms with Crippen LogP contribution in [0.1, 0.15) is 30.7 Å². The van der Waals surface area contributed by atoms with E-state index in [1.807, 2.05) is 11.6 Å². The standard InChI is InChI=1S/C10H16N2S/c1-8(10-12-4-5-13-10)6-11-7-9-2-3-9/h4-5,8-9,11H,2-3,6-7H2,1H3. The van der Waals surface area contributed by atoms with E-state index in [0.717, 1.165) is 12.5 Å². The number of thiazole rings is 1. The number of hydrogen-bond donors (Lipinski definition) is 1. The summed E-state index contributed by atoms with van der Waals surface area (Å²) in [5.41, 5.74) is 0. The zero-order chi connectivity index (χ0) is 9.10. The Balaban J connectivity index is 1.68. The number of nitrogens with one attached hydrogen (secondary N) is 1. The third-order valence-corrected chi connectivity index (χ3v) is 3.46. The van der Waals surface area contributed by atoms with E-state index in [9.17, 15) is 0 Å². The maximum Gasteiger partial charge on any atom is 0.0965 e. The quantitative estimate of drug-likeness (QED) is 0.781. The summed E-state index contributed by atoms with van der Waals surface area (Å²) in [7, 11) is 0. The summed E-state index contributed by atoms with van der Waals surface area (Å²) in [5.74, 6) is 1.54. The van der Waals surface area contributed by atoms with Gasteiger partial charge in [0.25, 0.3) is 0 Å². The van der Waals surface area contributed by atoms with Crippen molar-refractivity contribution in [3.8, 4) is 0 Å². The number of rotatable bonds is 5. The Morgan fingerprint density at radius 2 is 2.54 bits per heavy atom. The van der Waals surface area contributed by atoms with Crippen molar-refractivity contribution >= 4 is 11.3 Å². The van der Waals surface area contributed by atoms with Gasteiger partial charge in [-0.25, -0.2) is 4.98 Å². The fourth-order valence-electron chi connectivity index (χ4n) is 1.39. The second-order valence-corrected chi connectivity index (χ2v) is 4.80. The van der Waals surface area contributed by atoms with Crippen molar-refractivity contribution in [1.82, 2.24) is 10.3 Å². The van der Waals surface area contributed by atoms with Gasteiger partial charge in [-0.15, -0.1) is 11.3 Å². The van der Waals surface area contributed by atoms with E-state index in [2.05, 4.69) is 17.2 Å². The van der Waals surface area contributed by atoms with Crippen LogP contribution in [-0.4, -0.2) is 18.1 Å². The summed E-state index contributed by atoms with van der Waals surface area (Å²) in [6, 6.07) is 0. The van der Waals surface area contributed by atoms with Crippen LogP contribution in [0, 0.1) is 5.92 Å². The second kappa shape index (κ2) is 4.20. The highest BCUT2D eigenvalue weighted by molar-refractivity contribution is 7.09. The van der Waals surface area contributed by atoms with Gasteiger partial charge in [0.15, 0.2) is 0 Å². The van der Waals surface area contributed by atoms with Gasteiger partial charge in [0, 0.05) is 24.0 Å². The van der Waals surface area contributed by atoms with E-state index in [-0.39, 0.29) is 0 Å². The molecule has 0 saturated heterocycles. The molecule has 0 bridgehead atoms. The molecule has 0 aliphatic heterocycles. The average Bonchev–Trinajstić information content (AvgIpc) is 2.80. The normalized spacial score (nSPS) is 18.8. The number of aromatic nitrogens is 1. The third kappa shape index (κ3) is 2.78. The van der Waals surface area contributed by atoms with E-state index in [4.69, 9.17) is 0 Å². The lowest BCUT2D eigenvalue weighted by atomic mass is 10.2.